The molecule has 2 N–H and O–H groups in total. The summed E-state index contributed by atoms with van der Waals surface area (Å²) in [5.74, 6) is 0.392. The van der Waals surface area contributed by atoms with Crippen LogP contribution in [0, 0.1) is 0 Å². The van der Waals surface area contributed by atoms with E-state index in [1.807, 2.05) is 12.1 Å². The molecular weight excluding hydrogens is 236 g/mol. The maximum absolute atomic E-state index is 9.53. The summed E-state index contributed by atoms with van der Waals surface area (Å²) in [5.41, 5.74) is 3.07. The Labute approximate surface area is 115 Å². The highest BCUT2D eigenvalue weighted by molar-refractivity contribution is 5.40. The topological polar surface area (TPSA) is 35.5 Å². The van der Waals surface area contributed by atoms with Gasteiger partial charge in [0.05, 0.1) is 0 Å². The number of aryl methyl sites for hydroxylation is 1. The van der Waals surface area contributed by atoms with Crippen LogP contribution in [0.3, 0.4) is 0 Å². The van der Waals surface area contributed by atoms with Gasteiger partial charge in [0.1, 0.15) is 5.75 Å². The molecule has 1 unspecified atom stereocenters. The standard InChI is InChI=1S/C16H24N2O/c1-18(2)16(8-3-9-16)11-17-15-7-4-12-10-13(19)5-6-14(12)15/h5-6,10,15,17,19H,3-4,7-9,11H2,1-2H3. The molecule has 2 aliphatic carbocycles. The summed E-state index contributed by atoms with van der Waals surface area (Å²) in [6.07, 6.45) is 6.21. The first kappa shape index (κ1) is 12.9. The maximum atomic E-state index is 9.53. The molecule has 1 saturated carbocycles. The molecular formula is C16H24N2O. The van der Waals surface area contributed by atoms with Gasteiger partial charge in [0, 0.05) is 18.1 Å². The van der Waals surface area contributed by atoms with Crippen LogP contribution in [-0.2, 0) is 6.42 Å². The van der Waals surface area contributed by atoms with Crippen molar-refractivity contribution >= 4 is 0 Å². The molecule has 0 heterocycles. The molecule has 1 fully saturated rings. The minimum Gasteiger partial charge on any atom is -0.508 e. The number of phenols is 1. The summed E-state index contributed by atoms with van der Waals surface area (Å²) in [6.45, 7) is 1.07. The first-order valence-corrected chi connectivity index (χ1v) is 7.33. The van der Waals surface area contributed by atoms with Gasteiger partial charge in [-0.25, -0.2) is 0 Å². The van der Waals surface area contributed by atoms with Crippen molar-refractivity contribution in [1.29, 1.82) is 0 Å². The van der Waals surface area contributed by atoms with E-state index in [4.69, 9.17) is 0 Å². The number of nitrogens with one attached hydrogen (secondary N) is 1. The van der Waals surface area contributed by atoms with Crippen LogP contribution in [0.15, 0.2) is 18.2 Å². The Kier molecular flexibility index (Phi) is 3.27. The number of fused-ring (bicyclic) bond motifs is 1. The molecule has 0 saturated heterocycles. The highest BCUT2D eigenvalue weighted by atomic mass is 16.3. The highest BCUT2D eigenvalue weighted by Crippen LogP contribution is 2.38. The Hall–Kier alpha value is -1.06. The first-order chi connectivity index (χ1) is 9.11. The minimum absolute atomic E-state index is 0.375. The Morgan fingerprint density at radius 3 is 2.79 bits per heavy atom. The van der Waals surface area contributed by atoms with E-state index in [9.17, 15) is 5.11 Å². The third-order valence-corrected chi connectivity index (χ3v) is 5.11. The quantitative estimate of drug-likeness (QED) is 0.873. The van der Waals surface area contributed by atoms with E-state index in [2.05, 4.69) is 30.4 Å². The molecule has 0 amide bonds. The lowest BCUT2D eigenvalue weighted by Crippen LogP contribution is -2.56. The summed E-state index contributed by atoms with van der Waals surface area (Å²) in [6, 6.07) is 6.28. The third kappa shape index (κ3) is 2.26. The molecule has 3 rings (SSSR count). The zero-order chi connectivity index (χ0) is 13.5. The molecule has 2 aliphatic rings. The van der Waals surface area contributed by atoms with Crippen LogP contribution in [0.5, 0.6) is 5.75 Å². The van der Waals surface area contributed by atoms with Crippen molar-refractivity contribution in [1.82, 2.24) is 10.2 Å². The van der Waals surface area contributed by atoms with Gasteiger partial charge in [-0.2, -0.15) is 0 Å². The molecule has 3 nitrogen and oxygen atoms in total. The van der Waals surface area contributed by atoms with Crippen molar-refractivity contribution in [2.75, 3.05) is 20.6 Å². The number of nitrogens with zero attached hydrogens (tertiary/aromatic N) is 1. The predicted octanol–water partition coefficient (Wildman–Crippen LogP) is 2.45. The van der Waals surface area contributed by atoms with Gasteiger partial charge in [0.2, 0.25) is 0 Å². The second kappa shape index (κ2) is 4.80. The van der Waals surface area contributed by atoms with Crippen molar-refractivity contribution in [3.8, 4) is 5.75 Å². The van der Waals surface area contributed by atoms with Crippen molar-refractivity contribution in [3.63, 3.8) is 0 Å². The average Bonchev–Trinajstić information content (AvgIpc) is 2.69. The molecule has 3 heteroatoms. The summed E-state index contributed by atoms with van der Waals surface area (Å²) >= 11 is 0. The Bertz CT molecular complexity index is 466. The number of aromatic hydroxyl groups is 1. The molecule has 0 spiro atoms. The second-order valence-corrected chi connectivity index (χ2v) is 6.33. The molecule has 1 aromatic rings. The van der Waals surface area contributed by atoms with Crippen LogP contribution >= 0.6 is 0 Å². The summed E-state index contributed by atoms with van der Waals surface area (Å²) < 4.78 is 0. The lowest BCUT2D eigenvalue weighted by molar-refractivity contribution is 0.0571. The lowest BCUT2D eigenvalue weighted by atomic mass is 9.75. The van der Waals surface area contributed by atoms with E-state index in [1.165, 1.54) is 30.4 Å². The average molecular weight is 260 g/mol. The highest BCUT2D eigenvalue weighted by Gasteiger charge is 2.39. The van der Waals surface area contributed by atoms with E-state index in [0.717, 1.165) is 19.4 Å². The molecule has 0 aliphatic heterocycles. The normalized spacial score (nSPS) is 24.3. The predicted molar refractivity (Wildman–Crippen MR) is 77.4 cm³/mol. The van der Waals surface area contributed by atoms with Crippen molar-refractivity contribution in [2.45, 2.75) is 43.7 Å². The van der Waals surface area contributed by atoms with Gasteiger partial charge in [-0.05, 0) is 69.5 Å². The summed E-state index contributed by atoms with van der Waals surface area (Å²) in [4.78, 5) is 2.39. The van der Waals surface area contributed by atoms with Crippen LogP contribution in [-0.4, -0.2) is 36.2 Å². The molecule has 1 aromatic carbocycles. The van der Waals surface area contributed by atoms with E-state index in [-0.39, 0.29) is 0 Å². The van der Waals surface area contributed by atoms with Crippen LogP contribution < -0.4 is 5.32 Å². The third-order valence-electron chi connectivity index (χ3n) is 5.11. The van der Waals surface area contributed by atoms with E-state index in [0.29, 0.717) is 17.3 Å². The largest absolute Gasteiger partial charge is 0.508 e. The Balaban J connectivity index is 1.67. The van der Waals surface area contributed by atoms with Crippen LogP contribution in [0.25, 0.3) is 0 Å². The molecule has 1 atom stereocenters. The molecule has 104 valence electrons. The van der Waals surface area contributed by atoms with E-state index < -0.39 is 0 Å². The van der Waals surface area contributed by atoms with Gasteiger partial charge < -0.3 is 15.3 Å². The molecule has 0 aromatic heterocycles. The summed E-state index contributed by atoms with van der Waals surface area (Å²) in [5, 5.41) is 13.3. The zero-order valence-electron chi connectivity index (χ0n) is 11.9. The van der Waals surface area contributed by atoms with Gasteiger partial charge in [-0.15, -0.1) is 0 Å². The van der Waals surface area contributed by atoms with Crippen LogP contribution in [0.4, 0.5) is 0 Å². The maximum Gasteiger partial charge on any atom is 0.115 e. The van der Waals surface area contributed by atoms with Crippen molar-refractivity contribution in [2.24, 2.45) is 0 Å². The van der Waals surface area contributed by atoms with Crippen molar-refractivity contribution < 1.29 is 5.11 Å². The summed E-state index contributed by atoms with van der Waals surface area (Å²) in [7, 11) is 4.39. The lowest BCUT2D eigenvalue weighted by Gasteiger charge is -2.48. The van der Waals surface area contributed by atoms with Crippen LogP contribution in [0.2, 0.25) is 0 Å². The number of likely N-dealkylation sites (N-methyl/N-ethyl adjacent to an activating group) is 1. The van der Waals surface area contributed by atoms with Gasteiger partial charge in [0.15, 0.2) is 0 Å². The monoisotopic (exact) mass is 260 g/mol. The van der Waals surface area contributed by atoms with Gasteiger partial charge >= 0.3 is 0 Å². The number of rotatable bonds is 4. The Morgan fingerprint density at radius 2 is 2.16 bits per heavy atom. The first-order valence-electron chi connectivity index (χ1n) is 7.33. The zero-order valence-corrected chi connectivity index (χ0v) is 11.9. The molecule has 0 bridgehead atoms. The SMILES string of the molecule is CN(C)C1(CNC2CCc3cc(O)ccc32)CCC1. The number of phenolic OH excluding ortho intramolecular Hbond substituents is 1. The Morgan fingerprint density at radius 1 is 1.37 bits per heavy atom. The van der Waals surface area contributed by atoms with Crippen molar-refractivity contribution in [3.05, 3.63) is 29.3 Å². The van der Waals surface area contributed by atoms with E-state index >= 15 is 0 Å². The fourth-order valence-corrected chi connectivity index (χ4v) is 3.50. The fourth-order valence-electron chi connectivity index (χ4n) is 3.50. The number of hydrogen-bond donors (Lipinski definition) is 2. The smallest absolute Gasteiger partial charge is 0.115 e. The number of benzene rings is 1. The van der Waals surface area contributed by atoms with Gasteiger partial charge in [0.25, 0.3) is 0 Å². The minimum atomic E-state index is 0.375. The van der Waals surface area contributed by atoms with Gasteiger partial charge in [-0.3, -0.25) is 0 Å². The van der Waals surface area contributed by atoms with E-state index in [1.54, 1.807) is 0 Å². The molecule has 0 radical (unpaired) electrons. The fraction of sp³-hybridized carbons (Fsp3) is 0.625. The van der Waals surface area contributed by atoms with Gasteiger partial charge in [-0.1, -0.05) is 6.07 Å². The number of hydrogen-bond acceptors (Lipinski definition) is 3. The van der Waals surface area contributed by atoms with Crippen LogP contribution in [0.1, 0.15) is 42.9 Å². The molecule has 19 heavy (non-hydrogen) atoms. The second-order valence-electron chi connectivity index (χ2n) is 6.33.